The number of aliphatic hydroxyl groups is 1. The van der Waals surface area contributed by atoms with E-state index in [0.29, 0.717) is 0 Å². The van der Waals surface area contributed by atoms with E-state index in [4.69, 9.17) is 0 Å². The van der Waals surface area contributed by atoms with Crippen LogP contribution >= 0.6 is 0 Å². The third kappa shape index (κ3) is 2.29. The molecule has 0 aliphatic rings. The van der Waals surface area contributed by atoms with Gasteiger partial charge in [0, 0.05) is 11.6 Å². The van der Waals surface area contributed by atoms with Crippen molar-refractivity contribution in [2.75, 3.05) is 0 Å². The zero-order valence-corrected chi connectivity index (χ0v) is 9.92. The van der Waals surface area contributed by atoms with Gasteiger partial charge in [0.05, 0.1) is 5.52 Å². The fourth-order valence-corrected chi connectivity index (χ4v) is 1.91. The molecule has 0 bridgehead atoms. The van der Waals surface area contributed by atoms with E-state index in [1.807, 2.05) is 37.4 Å². The van der Waals surface area contributed by atoms with E-state index in [2.05, 4.69) is 0 Å². The number of para-hydroxylation sites is 1. The Labute approximate surface area is 100.0 Å². The molecule has 1 unspecified atom stereocenters. The van der Waals surface area contributed by atoms with Crippen molar-refractivity contribution < 1.29 is 9.90 Å². The molecular formula is C14H15NO2. The number of nitrogens with zero attached hydrogens (tertiary/aromatic N) is 1. The first kappa shape index (κ1) is 11.6. The van der Waals surface area contributed by atoms with Crippen molar-refractivity contribution in [3.63, 3.8) is 0 Å². The van der Waals surface area contributed by atoms with Gasteiger partial charge in [-0.05, 0) is 37.6 Å². The number of fused-ring (bicyclic) bond motifs is 1. The second-order valence-corrected chi connectivity index (χ2v) is 4.12. The Kier molecular flexibility index (Phi) is 3.11. The summed E-state index contributed by atoms with van der Waals surface area (Å²) in [6.45, 7) is 3.46. The number of carbonyl (C=O) groups excluding carboxylic acids is 1. The maximum Gasteiger partial charge on any atom is 0.152 e. The van der Waals surface area contributed by atoms with Gasteiger partial charge in [-0.2, -0.15) is 0 Å². The highest BCUT2D eigenvalue weighted by atomic mass is 16.3. The molecule has 1 aromatic heterocycles. The molecule has 1 N–H and O–H groups in total. The van der Waals surface area contributed by atoms with Gasteiger partial charge in [0.2, 0.25) is 0 Å². The second-order valence-electron chi connectivity index (χ2n) is 4.12. The van der Waals surface area contributed by atoms with Crippen LogP contribution in [-0.2, 0) is 4.79 Å². The lowest BCUT2D eigenvalue weighted by molar-refractivity contribution is -0.112. The molecule has 3 heteroatoms. The molecule has 17 heavy (non-hydrogen) atoms. The van der Waals surface area contributed by atoms with E-state index in [-0.39, 0.29) is 5.78 Å². The van der Waals surface area contributed by atoms with E-state index in [0.717, 1.165) is 16.5 Å². The molecule has 2 aromatic rings. The number of hydrogen-bond donors (Lipinski definition) is 1. The summed E-state index contributed by atoms with van der Waals surface area (Å²) in [7, 11) is 0. The number of allylic oxidation sites excluding steroid dienone is 1. The second kappa shape index (κ2) is 4.55. The Morgan fingerprint density at radius 2 is 2.12 bits per heavy atom. The standard InChI is InChI=1S/C14H15NO2/c1-10-9-15(14(17)8-7-11(2)16)13-6-4-3-5-12(10)13/h3-9,14,17H,1-2H3/b8-7-. The average Bonchev–Trinajstić information content (AvgIpc) is 2.65. The number of ketones is 1. The number of aliphatic hydroxyl groups excluding tert-OH is 1. The topological polar surface area (TPSA) is 42.2 Å². The van der Waals surface area contributed by atoms with Crippen LogP contribution in [0.4, 0.5) is 0 Å². The van der Waals surface area contributed by atoms with Crippen LogP contribution in [0.3, 0.4) is 0 Å². The van der Waals surface area contributed by atoms with E-state index < -0.39 is 6.23 Å². The average molecular weight is 229 g/mol. The SMILES string of the molecule is CC(=O)/C=C\C(O)n1cc(C)c2ccccc21. The molecule has 0 aliphatic carbocycles. The van der Waals surface area contributed by atoms with Crippen LogP contribution in [0.15, 0.2) is 42.6 Å². The van der Waals surface area contributed by atoms with Crippen LogP contribution in [0, 0.1) is 6.92 Å². The summed E-state index contributed by atoms with van der Waals surface area (Å²) in [5.74, 6) is -0.0720. The summed E-state index contributed by atoms with van der Waals surface area (Å²) in [5.41, 5.74) is 2.07. The minimum atomic E-state index is -0.808. The van der Waals surface area contributed by atoms with Gasteiger partial charge in [-0.1, -0.05) is 18.2 Å². The van der Waals surface area contributed by atoms with E-state index in [9.17, 15) is 9.90 Å². The fraction of sp³-hybridized carbons (Fsp3) is 0.214. The molecule has 2 rings (SSSR count). The van der Waals surface area contributed by atoms with Crippen molar-refractivity contribution in [2.24, 2.45) is 0 Å². The molecule has 0 aliphatic heterocycles. The van der Waals surface area contributed by atoms with Crippen LogP contribution in [0.1, 0.15) is 18.7 Å². The third-order valence-corrected chi connectivity index (χ3v) is 2.73. The van der Waals surface area contributed by atoms with Crippen molar-refractivity contribution in [3.05, 3.63) is 48.2 Å². The Bertz CT molecular complexity index is 581. The number of hydrogen-bond acceptors (Lipinski definition) is 2. The van der Waals surface area contributed by atoms with Gasteiger partial charge in [-0.25, -0.2) is 0 Å². The van der Waals surface area contributed by atoms with Crippen molar-refractivity contribution in [1.29, 1.82) is 0 Å². The van der Waals surface area contributed by atoms with Crippen LogP contribution in [0.25, 0.3) is 10.9 Å². The van der Waals surface area contributed by atoms with Gasteiger partial charge in [0.1, 0.15) is 6.23 Å². The Balaban J connectivity index is 2.45. The van der Waals surface area contributed by atoms with Crippen molar-refractivity contribution in [1.82, 2.24) is 4.57 Å². The lowest BCUT2D eigenvalue weighted by Gasteiger charge is -2.09. The molecule has 0 saturated heterocycles. The highest BCUT2D eigenvalue weighted by molar-refractivity contribution is 5.87. The lowest BCUT2D eigenvalue weighted by atomic mass is 10.2. The molecule has 1 heterocycles. The Hall–Kier alpha value is -1.87. The van der Waals surface area contributed by atoms with Crippen molar-refractivity contribution in [2.45, 2.75) is 20.1 Å². The van der Waals surface area contributed by atoms with Gasteiger partial charge in [-0.3, -0.25) is 4.79 Å². The summed E-state index contributed by atoms with van der Waals surface area (Å²) >= 11 is 0. The van der Waals surface area contributed by atoms with Gasteiger partial charge >= 0.3 is 0 Å². The summed E-state index contributed by atoms with van der Waals surface area (Å²) in [6, 6.07) is 7.87. The van der Waals surface area contributed by atoms with Gasteiger partial charge in [0.25, 0.3) is 0 Å². The smallest absolute Gasteiger partial charge is 0.152 e. The minimum Gasteiger partial charge on any atom is -0.370 e. The normalized spacial score (nSPS) is 13.4. The molecule has 1 aromatic carbocycles. The molecule has 1 atom stereocenters. The quantitative estimate of drug-likeness (QED) is 0.822. The molecule has 0 spiro atoms. The fourth-order valence-electron chi connectivity index (χ4n) is 1.91. The highest BCUT2D eigenvalue weighted by Crippen LogP contribution is 2.23. The Morgan fingerprint density at radius 1 is 1.41 bits per heavy atom. The lowest BCUT2D eigenvalue weighted by Crippen LogP contribution is -2.04. The molecule has 0 amide bonds. The number of rotatable bonds is 3. The molecular weight excluding hydrogens is 214 g/mol. The summed E-state index contributed by atoms with van der Waals surface area (Å²) < 4.78 is 1.75. The van der Waals surface area contributed by atoms with Crippen LogP contribution in [0.2, 0.25) is 0 Å². The zero-order chi connectivity index (χ0) is 12.4. The van der Waals surface area contributed by atoms with Crippen molar-refractivity contribution >= 4 is 16.7 Å². The molecule has 0 radical (unpaired) electrons. The van der Waals surface area contributed by atoms with Crippen molar-refractivity contribution in [3.8, 4) is 0 Å². The summed E-state index contributed by atoms with van der Waals surface area (Å²) in [6.07, 6.45) is 3.96. The first-order valence-electron chi connectivity index (χ1n) is 5.52. The van der Waals surface area contributed by atoms with Gasteiger partial charge in [0.15, 0.2) is 5.78 Å². The van der Waals surface area contributed by atoms with Gasteiger partial charge < -0.3 is 9.67 Å². The number of aromatic nitrogens is 1. The molecule has 3 nitrogen and oxygen atoms in total. The predicted octanol–water partition coefficient (Wildman–Crippen LogP) is 2.59. The maximum absolute atomic E-state index is 10.8. The van der Waals surface area contributed by atoms with Crippen LogP contribution in [0.5, 0.6) is 0 Å². The first-order chi connectivity index (χ1) is 8.09. The number of aryl methyl sites for hydroxylation is 1. The summed E-state index contributed by atoms with van der Waals surface area (Å²) in [4.78, 5) is 10.8. The van der Waals surface area contributed by atoms with E-state index >= 15 is 0 Å². The van der Waals surface area contributed by atoms with E-state index in [1.165, 1.54) is 19.1 Å². The van der Waals surface area contributed by atoms with Gasteiger partial charge in [-0.15, -0.1) is 0 Å². The van der Waals surface area contributed by atoms with E-state index in [1.54, 1.807) is 4.57 Å². The first-order valence-corrected chi connectivity index (χ1v) is 5.52. The largest absolute Gasteiger partial charge is 0.370 e. The predicted molar refractivity (Wildman–Crippen MR) is 67.8 cm³/mol. The third-order valence-electron chi connectivity index (χ3n) is 2.73. The number of carbonyl (C=O) groups is 1. The molecule has 0 saturated carbocycles. The number of benzene rings is 1. The Morgan fingerprint density at radius 3 is 2.82 bits per heavy atom. The summed E-state index contributed by atoms with van der Waals surface area (Å²) in [5, 5.41) is 11.1. The maximum atomic E-state index is 10.8. The zero-order valence-electron chi connectivity index (χ0n) is 9.92. The van der Waals surface area contributed by atoms with Crippen LogP contribution in [-0.4, -0.2) is 15.5 Å². The molecule has 0 fully saturated rings. The van der Waals surface area contributed by atoms with Crippen LogP contribution < -0.4 is 0 Å². The highest BCUT2D eigenvalue weighted by Gasteiger charge is 2.09. The monoisotopic (exact) mass is 229 g/mol. The minimum absolute atomic E-state index is 0.0720. The molecule has 88 valence electrons.